The van der Waals surface area contributed by atoms with Crippen molar-refractivity contribution in [2.24, 2.45) is 4.99 Å². The fraction of sp³-hybridized carbons (Fsp3) is 0.467. The minimum absolute atomic E-state index is 0.243. The van der Waals surface area contributed by atoms with Crippen molar-refractivity contribution in [3.05, 3.63) is 30.3 Å². The lowest BCUT2D eigenvalue weighted by atomic mass is 10.3. The first-order chi connectivity index (χ1) is 10.2. The van der Waals surface area contributed by atoms with Crippen molar-refractivity contribution >= 4 is 11.9 Å². The van der Waals surface area contributed by atoms with Crippen molar-refractivity contribution in [1.82, 2.24) is 10.2 Å². The zero-order chi connectivity index (χ0) is 15.5. The van der Waals surface area contributed by atoms with Crippen molar-refractivity contribution < 1.29 is 14.3 Å². The summed E-state index contributed by atoms with van der Waals surface area (Å²) in [7, 11) is 5.00. The largest absolute Gasteiger partial charge is 0.492 e. The Morgan fingerprint density at radius 3 is 2.67 bits per heavy atom. The molecule has 0 aliphatic rings. The Morgan fingerprint density at radius 1 is 1.33 bits per heavy atom. The van der Waals surface area contributed by atoms with Crippen LogP contribution in [-0.4, -0.2) is 57.7 Å². The van der Waals surface area contributed by atoms with Gasteiger partial charge in [-0.1, -0.05) is 18.2 Å². The summed E-state index contributed by atoms with van der Waals surface area (Å²) in [5, 5.41) is 3.10. The second-order valence-corrected chi connectivity index (χ2v) is 4.38. The Kier molecular flexibility index (Phi) is 7.71. The Balaban J connectivity index is 2.28. The normalized spacial score (nSPS) is 10.9. The number of ether oxygens (including phenoxy) is 2. The molecular formula is C15H23N3O3. The lowest BCUT2D eigenvalue weighted by molar-refractivity contribution is -0.140. The van der Waals surface area contributed by atoms with Gasteiger partial charge < -0.3 is 19.7 Å². The highest BCUT2D eigenvalue weighted by molar-refractivity contribution is 5.80. The van der Waals surface area contributed by atoms with E-state index in [2.05, 4.69) is 15.0 Å². The van der Waals surface area contributed by atoms with E-state index in [1.807, 2.05) is 42.3 Å². The average molecular weight is 293 g/mol. The van der Waals surface area contributed by atoms with Gasteiger partial charge in [0.2, 0.25) is 0 Å². The van der Waals surface area contributed by atoms with Gasteiger partial charge in [0, 0.05) is 20.6 Å². The van der Waals surface area contributed by atoms with Crippen LogP contribution in [0.4, 0.5) is 0 Å². The van der Waals surface area contributed by atoms with Crippen LogP contribution in [0.5, 0.6) is 5.75 Å². The Bertz CT molecular complexity index is 449. The van der Waals surface area contributed by atoms with Crippen LogP contribution in [0.25, 0.3) is 0 Å². The molecule has 0 unspecified atom stereocenters. The molecule has 0 fully saturated rings. The van der Waals surface area contributed by atoms with Crippen molar-refractivity contribution in [3.8, 4) is 5.75 Å². The maximum Gasteiger partial charge on any atom is 0.307 e. The molecule has 1 aromatic rings. The van der Waals surface area contributed by atoms with Crippen LogP contribution >= 0.6 is 0 Å². The summed E-state index contributed by atoms with van der Waals surface area (Å²) in [4.78, 5) is 17.1. The molecule has 0 saturated carbocycles. The topological polar surface area (TPSA) is 63.2 Å². The Morgan fingerprint density at radius 2 is 2.05 bits per heavy atom. The highest BCUT2D eigenvalue weighted by Crippen LogP contribution is 2.07. The molecule has 0 amide bonds. The van der Waals surface area contributed by atoms with E-state index in [0.29, 0.717) is 26.1 Å². The van der Waals surface area contributed by atoms with Crippen LogP contribution in [0.15, 0.2) is 35.3 Å². The zero-order valence-electron chi connectivity index (χ0n) is 12.8. The second kappa shape index (κ2) is 9.63. The number of carbonyl (C=O) groups excluding carboxylic acids is 1. The van der Waals surface area contributed by atoms with Gasteiger partial charge in [0.25, 0.3) is 0 Å². The smallest absolute Gasteiger partial charge is 0.307 e. The number of rotatable bonds is 7. The fourth-order valence-electron chi connectivity index (χ4n) is 1.69. The lowest BCUT2D eigenvalue weighted by Gasteiger charge is -2.22. The summed E-state index contributed by atoms with van der Waals surface area (Å²) in [6, 6.07) is 9.66. The molecule has 0 aliphatic heterocycles. The third-order valence-electron chi connectivity index (χ3n) is 2.85. The first-order valence-corrected chi connectivity index (χ1v) is 6.83. The predicted molar refractivity (Wildman–Crippen MR) is 82.6 cm³/mol. The quantitative estimate of drug-likeness (QED) is 0.464. The summed E-state index contributed by atoms with van der Waals surface area (Å²) in [6.45, 7) is 1.73. The molecular weight excluding hydrogens is 270 g/mol. The lowest BCUT2D eigenvalue weighted by Crippen LogP contribution is -2.41. The highest BCUT2D eigenvalue weighted by atomic mass is 16.5. The summed E-state index contributed by atoms with van der Waals surface area (Å²) in [5.74, 6) is 1.32. The van der Waals surface area contributed by atoms with E-state index in [1.165, 1.54) is 7.11 Å². The highest BCUT2D eigenvalue weighted by Gasteiger charge is 2.07. The second-order valence-electron chi connectivity index (χ2n) is 4.38. The third-order valence-corrected chi connectivity index (χ3v) is 2.85. The van der Waals surface area contributed by atoms with Crippen LogP contribution in [0.1, 0.15) is 6.42 Å². The van der Waals surface area contributed by atoms with E-state index in [-0.39, 0.29) is 5.97 Å². The molecule has 0 atom stereocenters. The first kappa shape index (κ1) is 16.8. The molecule has 1 aromatic carbocycles. The third kappa shape index (κ3) is 6.65. The average Bonchev–Trinajstić information content (AvgIpc) is 2.52. The molecule has 116 valence electrons. The molecule has 0 spiro atoms. The molecule has 6 heteroatoms. The van der Waals surface area contributed by atoms with Gasteiger partial charge in [-0.15, -0.1) is 0 Å². The maximum atomic E-state index is 11.0. The first-order valence-electron chi connectivity index (χ1n) is 6.83. The van der Waals surface area contributed by atoms with Crippen molar-refractivity contribution in [2.45, 2.75) is 6.42 Å². The van der Waals surface area contributed by atoms with Crippen LogP contribution in [0.3, 0.4) is 0 Å². The van der Waals surface area contributed by atoms with E-state index in [4.69, 9.17) is 4.74 Å². The van der Waals surface area contributed by atoms with Gasteiger partial charge in [-0.25, -0.2) is 0 Å². The molecule has 0 aromatic heterocycles. The van der Waals surface area contributed by atoms with Gasteiger partial charge in [0.05, 0.1) is 20.1 Å². The van der Waals surface area contributed by atoms with Crippen LogP contribution in [-0.2, 0) is 9.53 Å². The monoisotopic (exact) mass is 293 g/mol. The van der Waals surface area contributed by atoms with Crippen LogP contribution in [0, 0.1) is 0 Å². The number of hydrogen-bond donors (Lipinski definition) is 1. The standard InChI is InChI=1S/C15H23N3O3/c1-16-15(17-10-9-14(19)20-3)18(2)11-12-21-13-7-5-4-6-8-13/h4-8H,9-12H2,1-3H3,(H,16,17). The van der Waals surface area contributed by atoms with E-state index >= 15 is 0 Å². The van der Waals surface area contributed by atoms with Gasteiger partial charge in [-0.3, -0.25) is 9.79 Å². The number of para-hydroxylation sites is 1. The summed E-state index contributed by atoms with van der Waals surface area (Å²) in [5.41, 5.74) is 0. The predicted octanol–water partition coefficient (Wildman–Crippen LogP) is 1.14. The number of guanidine groups is 1. The van der Waals surface area contributed by atoms with Crippen molar-refractivity contribution in [2.75, 3.05) is 40.9 Å². The number of aliphatic imine (C=N–C) groups is 1. The molecule has 0 heterocycles. The number of hydrogen-bond acceptors (Lipinski definition) is 4. The molecule has 1 N–H and O–H groups in total. The number of esters is 1. The molecule has 21 heavy (non-hydrogen) atoms. The summed E-state index contributed by atoms with van der Waals surface area (Å²) >= 11 is 0. The fourth-order valence-corrected chi connectivity index (χ4v) is 1.69. The number of nitrogens with one attached hydrogen (secondary N) is 1. The summed E-state index contributed by atoms with van der Waals surface area (Å²) in [6.07, 6.45) is 0.309. The molecule has 0 radical (unpaired) electrons. The number of benzene rings is 1. The molecule has 0 saturated heterocycles. The molecule has 0 aliphatic carbocycles. The molecule has 6 nitrogen and oxygen atoms in total. The maximum absolute atomic E-state index is 11.0. The zero-order valence-corrected chi connectivity index (χ0v) is 12.8. The van der Waals surface area contributed by atoms with Crippen LogP contribution < -0.4 is 10.1 Å². The van der Waals surface area contributed by atoms with E-state index in [9.17, 15) is 4.79 Å². The van der Waals surface area contributed by atoms with E-state index in [0.717, 1.165) is 11.7 Å². The van der Waals surface area contributed by atoms with Gasteiger partial charge in [0.15, 0.2) is 5.96 Å². The van der Waals surface area contributed by atoms with Crippen LogP contribution in [0.2, 0.25) is 0 Å². The van der Waals surface area contributed by atoms with Crippen molar-refractivity contribution in [3.63, 3.8) is 0 Å². The van der Waals surface area contributed by atoms with Gasteiger partial charge in [-0.2, -0.15) is 0 Å². The Labute approximate surface area is 125 Å². The molecule has 0 bridgehead atoms. The number of likely N-dealkylation sites (N-methyl/N-ethyl adjacent to an activating group) is 1. The van der Waals surface area contributed by atoms with Gasteiger partial charge in [0.1, 0.15) is 12.4 Å². The minimum atomic E-state index is -0.243. The molecule has 1 rings (SSSR count). The SMILES string of the molecule is CN=C(NCCC(=O)OC)N(C)CCOc1ccccc1. The minimum Gasteiger partial charge on any atom is -0.492 e. The Hall–Kier alpha value is -2.24. The van der Waals surface area contributed by atoms with Gasteiger partial charge in [-0.05, 0) is 12.1 Å². The summed E-state index contributed by atoms with van der Waals surface area (Å²) < 4.78 is 10.2. The van der Waals surface area contributed by atoms with E-state index in [1.54, 1.807) is 7.05 Å². The number of nitrogens with zero attached hydrogens (tertiary/aromatic N) is 2. The van der Waals surface area contributed by atoms with Gasteiger partial charge >= 0.3 is 5.97 Å². The number of methoxy groups -OCH3 is 1. The van der Waals surface area contributed by atoms with Crippen molar-refractivity contribution in [1.29, 1.82) is 0 Å². The van der Waals surface area contributed by atoms with E-state index < -0.39 is 0 Å². The number of carbonyl (C=O) groups is 1.